The number of carbonyl (C=O) groups excluding carboxylic acids is 1. The second-order valence-electron chi connectivity index (χ2n) is 12.3. The van der Waals surface area contributed by atoms with E-state index in [-0.39, 0.29) is 16.7 Å². The molecule has 4 nitrogen and oxygen atoms in total. The average molecular weight is 455 g/mol. The van der Waals surface area contributed by atoms with Crippen LogP contribution in [0.15, 0.2) is 24.3 Å². The maximum absolute atomic E-state index is 13.6. The first-order valence-corrected chi connectivity index (χ1v) is 13.1. The molecule has 33 heavy (non-hydrogen) atoms. The molecule has 4 aliphatic carbocycles. The number of ether oxygens (including phenoxy) is 2. The summed E-state index contributed by atoms with van der Waals surface area (Å²) in [6, 6.07) is 7.70. The zero-order valence-corrected chi connectivity index (χ0v) is 20.9. The number of aliphatic hydroxyl groups is 1. The first-order valence-electron chi connectivity index (χ1n) is 13.1. The number of fused-ring (bicyclic) bond motifs is 5. The van der Waals surface area contributed by atoms with E-state index in [0.717, 1.165) is 50.0 Å². The van der Waals surface area contributed by atoms with Crippen LogP contribution in [0, 0.1) is 40.4 Å². The van der Waals surface area contributed by atoms with Gasteiger partial charge >= 0.3 is 0 Å². The lowest BCUT2D eigenvalue weighted by Crippen LogP contribution is -2.58. The lowest BCUT2D eigenvalue weighted by Gasteiger charge is -2.62. The van der Waals surface area contributed by atoms with Gasteiger partial charge in [0.2, 0.25) is 0 Å². The van der Waals surface area contributed by atoms with Crippen molar-refractivity contribution in [3.63, 3.8) is 0 Å². The second-order valence-corrected chi connectivity index (χ2v) is 12.3. The Bertz CT molecular complexity index is 876. The van der Waals surface area contributed by atoms with Crippen molar-refractivity contribution in [2.24, 2.45) is 40.4 Å². The molecule has 0 bridgehead atoms. The summed E-state index contributed by atoms with van der Waals surface area (Å²) in [6.07, 6.45) is 9.87. The molecule has 182 valence electrons. The topological polar surface area (TPSA) is 55.8 Å². The van der Waals surface area contributed by atoms with Crippen LogP contribution in [0.3, 0.4) is 0 Å². The number of carbonyl (C=O) groups is 1. The Labute approximate surface area is 199 Å². The molecule has 5 rings (SSSR count). The maximum atomic E-state index is 13.6. The predicted octanol–water partition coefficient (Wildman–Crippen LogP) is 5.91. The highest BCUT2D eigenvalue weighted by atomic mass is 16.5. The van der Waals surface area contributed by atoms with E-state index in [1.807, 2.05) is 38.3 Å². The summed E-state index contributed by atoms with van der Waals surface area (Å²) in [5.41, 5.74) is 0.610. The minimum Gasteiger partial charge on any atom is -0.497 e. The van der Waals surface area contributed by atoms with Gasteiger partial charge in [0.25, 0.3) is 0 Å². The van der Waals surface area contributed by atoms with Gasteiger partial charge in [0, 0.05) is 18.6 Å². The van der Waals surface area contributed by atoms with Crippen LogP contribution >= 0.6 is 0 Å². The Balaban J connectivity index is 1.40. The summed E-state index contributed by atoms with van der Waals surface area (Å²) >= 11 is 0. The van der Waals surface area contributed by atoms with E-state index in [1.54, 1.807) is 7.11 Å². The standard InChI is InChI=1S/C29H42O4/c1-27(31)15-16-29(18-32-3)20(17-27)7-10-22-23-11-12-25(28(23,2)14-13-24(22)29)26(30)19-5-8-21(33-4)9-6-19/h5-6,8-9,20,22-25,31H,7,10-18H2,1-4H3/t20-,22-,23-,24-,25+,27+,28-,29+/m0/s1. The summed E-state index contributed by atoms with van der Waals surface area (Å²) in [6.45, 7) is 5.28. The summed E-state index contributed by atoms with van der Waals surface area (Å²) in [5, 5.41) is 10.8. The third-order valence-electron chi connectivity index (χ3n) is 10.8. The molecular weight excluding hydrogens is 412 g/mol. The molecule has 4 heteroatoms. The van der Waals surface area contributed by atoms with Crippen molar-refractivity contribution in [1.82, 2.24) is 0 Å². The van der Waals surface area contributed by atoms with Crippen molar-refractivity contribution in [3.8, 4) is 5.75 Å². The van der Waals surface area contributed by atoms with Crippen molar-refractivity contribution in [2.75, 3.05) is 20.8 Å². The number of benzene rings is 1. The van der Waals surface area contributed by atoms with Gasteiger partial charge < -0.3 is 14.6 Å². The van der Waals surface area contributed by atoms with Gasteiger partial charge in [0.05, 0.1) is 19.3 Å². The third kappa shape index (κ3) is 3.67. The normalized spacial score (nSPS) is 44.5. The number of Topliss-reactive ketones (excluding diaryl/α,β-unsaturated/α-hetero) is 1. The van der Waals surface area contributed by atoms with Crippen molar-refractivity contribution >= 4 is 5.78 Å². The number of hydrogen-bond acceptors (Lipinski definition) is 4. The predicted molar refractivity (Wildman–Crippen MR) is 129 cm³/mol. The van der Waals surface area contributed by atoms with Crippen molar-refractivity contribution in [3.05, 3.63) is 29.8 Å². The molecule has 0 radical (unpaired) electrons. The molecule has 0 saturated heterocycles. The minimum atomic E-state index is -0.527. The van der Waals surface area contributed by atoms with Gasteiger partial charge in [-0.3, -0.25) is 4.79 Å². The van der Waals surface area contributed by atoms with Crippen LogP contribution in [0.5, 0.6) is 5.75 Å². The molecular formula is C29H42O4. The second kappa shape index (κ2) is 8.37. The fourth-order valence-electron chi connectivity index (χ4n) is 9.17. The van der Waals surface area contributed by atoms with E-state index in [2.05, 4.69) is 6.92 Å². The molecule has 4 aliphatic rings. The molecule has 1 N–H and O–H groups in total. The Morgan fingerprint density at radius 1 is 0.970 bits per heavy atom. The van der Waals surface area contributed by atoms with Crippen LogP contribution in [0.4, 0.5) is 0 Å². The van der Waals surface area contributed by atoms with E-state index in [0.29, 0.717) is 29.5 Å². The summed E-state index contributed by atoms with van der Waals surface area (Å²) in [4.78, 5) is 13.6. The van der Waals surface area contributed by atoms with Gasteiger partial charge in [-0.05, 0) is 123 Å². The molecule has 0 aromatic heterocycles. The fourth-order valence-corrected chi connectivity index (χ4v) is 9.17. The van der Waals surface area contributed by atoms with E-state index in [9.17, 15) is 9.90 Å². The van der Waals surface area contributed by atoms with Crippen LogP contribution in [-0.4, -0.2) is 37.3 Å². The zero-order chi connectivity index (χ0) is 23.4. The molecule has 0 heterocycles. The molecule has 1 aromatic carbocycles. The maximum Gasteiger partial charge on any atom is 0.166 e. The van der Waals surface area contributed by atoms with Crippen LogP contribution in [0.2, 0.25) is 0 Å². The van der Waals surface area contributed by atoms with E-state index < -0.39 is 5.60 Å². The number of hydrogen-bond donors (Lipinski definition) is 1. The van der Waals surface area contributed by atoms with Crippen molar-refractivity contribution in [1.29, 1.82) is 0 Å². The monoisotopic (exact) mass is 454 g/mol. The fraction of sp³-hybridized carbons (Fsp3) is 0.759. The molecule has 8 atom stereocenters. The molecule has 0 amide bonds. The Morgan fingerprint density at radius 2 is 1.73 bits per heavy atom. The lowest BCUT2D eigenvalue weighted by atomic mass is 9.43. The van der Waals surface area contributed by atoms with Gasteiger partial charge in [-0.1, -0.05) is 6.92 Å². The highest BCUT2D eigenvalue weighted by Crippen LogP contribution is 2.68. The van der Waals surface area contributed by atoms with Gasteiger partial charge in [-0.25, -0.2) is 0 Å². The average Bonchev–Trinajstić information content (AvgIpc) is 3.16. The molecule has 0 unspecified atom stereocenters. The molecule has 4 fully saturated rings. The molecule has 0 aliphatic heterocycles. The van der Waals surface area contributed by atoms with Crippen molar-refractivity contribution < 1.29 is 19.4 Å². The van der Waals surface area contributed by atoms with Gasteiger partial charge in [0.1, 0.15) is 5.75 Å². The Kier molecular flexibility index (Phi) is 5.93. The third-order valence-corrected chi connectivity index (χ3v) is 10.8. The highest BCUT2D eigenvalue weighted by Gasteiger charge is 2.63. The number of methoxy groups -OCH3 is 2. The van der Waals surface area contributed by atoms with Gasteiger partial charge in [-0.2, -0.15) is 0 Å². The van der Waals surface area contributed by atoms with Crippen molar-refractivity contribution in [2.45, 2.75) is 77.2 Å². The first kappa shape index (κ1) is 23.4. The molecule has 4 saturated carbocycles. The molecule has 1 aromatic rings. The Hall–Kier alpha value is -1.39. The summed E-state index contributed by atoms with van der Waals surface area (Å²) in [7, 11) is 3.52. The van der Waals surface area contributed by atoms with Gasteiger partial charge in [0.15, 0.2) is 5.78 Å². The summed E-state index contributed by atoms with van der Waals surface area (Å²) < 4.78 is 11.2. The van der Waals surface area contributed by atoms with E-state index >= 15 is 0 Å². The van der Waals surface area contributed by atoms with Crippen LogP contribution < -0.4 is 4.74 Å². The van der Waals surface area contributed by atoms with Crippen LogP contribution in [-0.2, 0) is 4.74 Å². The minimum absolute atomic E-state index is 0.0967. The highest BCUT2D eigenvalue weighted by molar-refractivity contribution is 5.98. The molecule has 0 spiro atoms. The number of ketones is 1. The zero-order valence-electron chi connectivity index (χ0n) is 20.9. The number of rotatable bonds is 5. The van der Waals surface area contributed by atoms with Crippen LogP contribution in [0.1, 0.15) is 82.0 Å². The lowest BCUT2D eigenvalue weighted by molar-refractivity contribution is -0.173. The Morgan fingerprint density at radius 3 is 2.42 bits per heavy atom. The van der Waals surface area contributed by atoms with Gasteiger partial charge in [-0.15, -0.1) is 0 Å². The van der Waals surface area contributed by atoms with E-state index in [4.69, 9.17) is 9.47 Å². The van der Waals surface area contributed by atoms with Crippen LogP contribution in [0.25, 0.3) is 0 Å². The largest absolute Gasteiger partial charge is 0.497 e. The first-order chi connectivity index (χ1) is 15.7. The quantitative estimate of drug-likeness (QED) is 0.562. The summed E-state index contributed by atoms with van der Waals surface area (Å²) in [5.74, 6) is 3.79. The smallest absolute Gasteiger partial charge is 0.166 e. The van der Waals surface area contributed by atoms with E-state index in [1.165, 1.54) is 25.7 Å². The SMILES string of the molecule is COC[C@]12CC[C@@](C)(O)C[C@@H]1CC[C@H]1[C@@H]3CC[C@H](C(=O)c4ccc(OC)cc4)[C@@]3(C)CC[C@@H]12.